The van der Waals surface area contributed by atoms with Gasteiger partial charge in [-0.05, 0) is 30.2 Å². The molecule has 0 saturated carbocycles. The SMILES string of the molecule is O=C(O)CN(Cc1ccc(F)cc1)C(=O)C1CCOc2ccccc21. The molecule has 1 aliphatic rings. The number of halogens is 1. The van der Waals surface area contributed by atoms with Gasteiger partial charge in [0, 0.05) is 12.1 Å². The van der Waals surface area contributed by atoms with Crippen molar-refractivity contribution in [1.29, 1.82) is 0 Å². The fourth-order valence-corrected chi connectivity index (χ4v) is 3.00. The second-order valence-electron chi connectivity index (χ2n) is 5.94. The van der Waals surface area contributed by atoms with E-state index in [1.54, 1.807) is 18.2 Å². The number of rotatable bonds is 5. The van der Waals surface area contributed by atoms with Gasteiger partial charge < -0.3 is 14.7 Å². The highest BCUT2D eigenvalue weighted by molar-refractivity contribution is 5.87. The summed E-state index contributed by atoms with van der Waals surface area (Å²) >= 11 is 0. The quantitative estimate of drug-likeness (QED) is 0.906. The molecule has 1 amide bonds. The molecule has 0 saturated heterocycles. The molecule has 2 aromatic rings. The zero-order valence-corrected chi connectivity index (χ0v) is 13.5. The van der Waals surface area contributed by atoms with Crippen LogP contribution in [0.25, 0.3) is 0 Å². The van der Waals surface area contributed by atoms with E-state index in [-0.39, 0.29) is 18.3 Å². The van der Waals surface area contributed by atoms with E-state index in [4.69, 9.17) is 9.84 Å². The molecule has 1 unspecified atom stereocenters. The normalized spacial score (nSPS) is 15.8. The van der Waals surface area contributed by atoms with Gasteiger partial charge in [0.25, 0.3) is 0 Å². The van der Waals surface area contributed by atoms with Crippen LogP contribution in [0.2, 0.25) is 0 Å². The van der Waals surface area contributed by atoms with E-state index in [0.29, 0.717) is 24.3 Å². The van der Waals surface area contributed by atoms with Gasteiger partial charge in [0.1, 0.15) is 18.1 Å². The summed E-state index contributed by atoms with van der Waals surface area (Å²) in [4.78, 5) is 25.5. The lowest BCUT2D eigenvalue weighted by Crippen LogP contribution is -2.39. The van der Waals surface area contributed by atoms with Gasteiger partial charge in [0.15, 0.2) is 0 Å². The molecule has 5 nitrogen and oxygen atoms in total. The number of carbonyl (C=O) groups is 2. The molecule has 0 aromatic heterocycles. The molecule has 0 bridgehead atoms. The van der Waals surface area contributed by atoms with Crippen molar-refractivity contribution in [3.05, 3.63) is 65.5 Å². The smallest absolute Gasteiger partial charge is 0.323 e. The first-order valence-corrected chi connectivity index (χ1v) is 8.01. The maximum Gasteiger partial charge on any atom is 0.323 e. The number of benzene rings is 2. The van der Waals surface area contributed by atoms with Gasteiger partial charge >= 0.3 is 5.97 Å². The summed E-state index contributed by atoms with van der Waals surface area (Å²) in [5.74, 6) is -1.51. The predicted octanol–water partition coefficient (Wildman–Crippen LogP) is 2.81. The second kappa shape index (κ2) is 7.34. The van der Waals surface area contributed by atoms with Crippen molar-refractivity contribution >= 4 is 11.9 Å². The second-order valence-corrected chi connectivity index (χ2v) is 5.94. The lowest BCUT2D eigenvalue weighted by Gasteiger charge is -2.30. The fourth-order valence-electron chi connectivity index (χ4n) is 3.00. The molecule has 0 radical (unpaired) electrons. The Kier molecular flexibility index (Phi) is 4.97. The summed E-state index contributed by atoms with van der Waals surface area (Å²) < 4.78 is 18.6. The third kappa shape index (κ3) is 3.96. The van der Waals surface area contributed by atoms with Gasteiger partial charge in [-0.15, -0.1) is 0 Å². The van der Waals surface area contributed by atoms with Gasteiger partial charge in [-0.2, -0.15) is 0 Å². The van der Waals surface area contributed by atoms with E-state index >= 15 is 0 Å². The fraction of sp³-hybridized carbons (Fsp3) is 0.263. The third-order valence-electron chi connectivity index (χ3n) is 4.18. The number of para-hydroxylation sites is 1. The Morgan fingerprint density at radius 1 is 1.16 bits per heavy atom. The number of aliphatic carboxylic acids is 1. The van der Waals surface area contributed by atoms with Crippen LogP contribution in [-0.4, -0.2) is 35.0 Å². The number of hydrogen-bond acceptors (Lipinski definition) is 3. The number of carbonyl (C=O) groups excluding carboxylic acids is 1. The molecule has 3 rings (SSSR count). The minimum absolute atomic E-state index is 0.116. The van der Waals surface area contributed by atoms with Crippen LogP contribution in [0.3, 0.4) is 0 Å². The van der Waals surface area contributed by atoms with E-state index < -0.39 is 18.4 Å². The molecule has 25 heavy (non-hydrogen) atoms. The van der Waals surface area contributed by atoms with Crippen LogP contribution in [0.4, 0.5) is 4.39 Å². The summed E-state index contributed by atoms with van der Waals surface area (Å²) in [6.45, 7) is 0.117. The van der Waals surface area contributed by atoms with Gasteiger partial charge in [0.05, 0.1) is 12.5 Å². The van der Waals surface area contributed by atoms with E-state index in [9.17, 15) is 14.0 Å². The summed E-state index contributed by atoms with van der Waals surface area (Å²) in [6, 6.07) is 13.0. The number of fused-ring (bicyclic) bond motifs is 1. The highest BCUT2D eigenvalue weighted by atomic mass is 19.1. The van der Waals surface area contributed by atoms with Gasteiger partial charge in [-0.1, -0.05) is 30.3 Å². The largest absolute Gasteiger partial charge is 0.493 e. The Morgan fingerprint density at radius 2 is 1.88 bits per heavy atom. The Bertz CT molecular complexity index is 775. The maximum atomic E-state index is 13.1. The summed E-state index contributed by atoms with van der Waals surface area (Å²) in [7, 11) is 0. The Morgan fingerprint density at radius 3 is 2.60 bits per heavy atom. The Hall–Kier alpha value is -2.89. The van der Waals surface area contributed by atoms with E-state index in [0.717, 1.165) is 5.56 Å². The van der Waals surface area contributed by atoms with E-state index in [1.165, 1.54) is 17.0 Å². The van der Waals surface area contributed by atoms with Crippen LogP contribution in [-0.2, 0) is 16.1 Å². The Labute approximate surface area is 144 Å². The van der Waals surface area contributed by atoms with Crippen molar-refractivity contribution < 1.29 is 23.8 Å². The molecule has 0 spiro atoms. The van der Waals surface area contributed by atoms with Crippen molar-refractivity contribution in [3.63, 3.8) is 0 Å². The summed E-state index contributed by atoms with van der Waals surface area (Å²) in [5, 5.41) is 9.17. The zero-order valence-electron chi connectivity index (χ0n) is 13.5. The lowest BCUT2D eigenvalue weighted by molar-refractivity contribution is -0.145. The van der Waals surface area contributed by atoms with E-state index in [2.05, 4.69) is 0 Å². The lowest BCUT2D eigenvalue weighted by atomic mass is 9.91. The first kappa shape index (κ1) is 17.0. The minimum Gasteiger partial charge on any atom is -0.493 e. The molecule has 1 aliphatic heterocycles. The first-order valence-electron chi connectivity index (χ1n) is 8.01. The Balaban J connectivity index is 1.84. The highest BCUT2D eigenvalue weighted by Crippen LogP contribution is 2.34. The number of hydrogen-bond donors (Lipinski definition) is 1. The van der Waals surface area contributed by atoms with Crippen molar-refractivity contribution in [2.75, 3.05) is 13.2 Å². The molecule has 1 atom stereocenters. The van der Waals surface area contributed by atoms with E-state index in [1.807, 2.05) is 18.2 Å². The van der Waals surface area contributed by atoms with Gasteiger partial charge in [0.2, 0.25) is 5.91 Å². The highest BCUT2D eigenvalue weighted by Gasteiger charge is 2.31. The summed E-state index contributed by atoms with van der Waals surface area (Å²) in [6.07, 6.45) is 0.495. The topological polar surface area (TPSA) is 66.8 Å². The maximum absolute atomic E-state index is 13.1. The van der Waals surface area contributed by atoms with Gasteiger partial charge in [-0.25, -0.2) is 4.39 Å². The standard InChI is InChI=1S/C19H18FNO4/c20-14-7-5-13(6-8-14)11-21(12-18(22)23)19(24)16-9-10-25-17-4-2-1-3-15(16)17/h1-8,16H,9-12H2,(H,22,23). The number of nitrogens with zero attached hydrogens (tertiary/aromatic N) is 1. The van der Waals surface area contributed by atoms with Crippen molar-refractivity contribution in [3.8, 4) is 5.75 Å². The number of amides is 1. The van der Waals surface area contributed by atoms with Crippen molar-refractivity contribution in [2.45, 2.75) is 18.9 Å². The monoisotopic (exact) mass is 343 g/mol. The molecule has 1 N–H and O–H groups in total. The number of carboxylic acids is 1. The average Bonchev–Trinajstić information content (AvgIpc) is 2.61. The van der Waals surface area contributed by atoms with Crippen LogP contribution in [0, 0.1) is 5.82 Å². The third-order valence-corrected chi connectivity index (χ3v) is 4.18. The molecule has 0 fully saturated rings. The molecule has 2 aromatic carbocycles. The van der Waals surface area contributed by atoms with Crippen LogP contribution >= 0.6 is 0 Å². The van der Waals surface area contributed by atoms with Gasteiger partial charge in [-0.3, -0.25) is 9.59 Å². The summed E-state index contributed by atoms with van der Waals surface area (Å²) in [5.41, 5.74) is 1.45. The molecule has 1 heterocycles. The average molecular weight is 343 g/mol. The molecule has 130 valence electrons. The van der Waals surface area contributed by atoms with Crippen LogP contribution in [0.5, 0.6) is 5.75 Å². The minimum atomic E-state index is -1.09. The van der Waals surface area contributed by atoms with Crippen molar-refractivity contribution in [1.82, 2.24) is 4.90 Å². The molecule has 0 aliphatic carbocycles. The number of ether oxygens (including phenoxy) is 1. The first-order chi connectivity index (χ1) is 12.0. The molecular formula is C19H18FNO4. The van der Waals surface area contributed by atoms with Crippen molar-refractivity contribution in [2.24, 2.45) is 0 Å². The number of carboxylic acid groups (broad SMARTS) is 1. The zero-order chi connectivity index (χ0) is 17.8. The van der Waals surface area contributed by atoms with Crippen LogP contribution < -0.4 is 4.74 Å². The van der Waals surface area contributed by atoms with Crippen LogP contribution in [0.15, 0.2) is 48.5 Å². The van der Waals surface area contributed by atoms with Crippen LogP contribution in [0.1, 0.15) is 23.5 Å². The molecular weight excluding hydrogens is 325 g/mol. The predicted molar refractivity (Wildman–Crippen MR) is 88.7 cm³/mol. The molecule has 6 heteroatoms.